The van der Waals surface area contributed by atoms with Gasteiger partial charge in [-0.2, -0.15) is 0 Å². The number of urea groups is 1. The first-order chi connectivity index (χ1) is 8.92. The van der Waals surface area contributed by atoms with Crippen molar-refractivity contribution < 1.29 is 14.3 Å². The van der Waals surface area contributed by atoms with Gasteiger partial charge in [0.1, 0.15) is 5.75 Å². The van der Waals surface area contributed by atoms with E-state index in [9.17, 15) is 9.59 Å². The van der Waals surface area contributed by atoms with Crippen molar-refractivity contribution >= 4 is 27.9 Å². The molecule has 1 aromatic carbocycles. The zero-order chi connectivity index (χ0) is 14.0. The number of hydrogen-bond donors (Lipinski definition) is 2. The molecule has 1 atom stereocenters. The van der Waals surface area contributed by atoms with Crippen LogP contribution in [0.25, 0.3) is 0 Å². The Bertz CT molecular complexity index is 501. The highest BCUT2D eigenvalue weighted by atomic mass is 79.9. The molecule has 1 saturated heterocycles. The molecule has 0 radical (unpaired) electrons. The van der Waals surface area contributed by atoms with Gasteiger partial charge in [-0.25, -0.2) is 4.79 Å². The SMILES string of the molecule is COc1ccc(CN2CC(N)(Br)C(=O)NC2=O)cc1. The number of amides is 3. The van der Waals surface area contributed by atoms with Crippen LogP contribution in [0.3, 0.4) is 0 Å². The van der Waals surface area contributed by atoms with Gasteiger partial charge in [-0.15, -0.1) is 0 Å². The summed E-state index contributed by atoms with van der Waals surface area (Å²) in [7, 11) is 1.59. The molecule has 1 aliphatic rings. The van der Waals surface area contributed by atoms with Crippen molar-refractivity contribution in [2.45, 2.75) is 11.0 Å². The zero-order valence-corrected chi connectivity index (χ0v) is 11.9. The maximum atomic E-state index is 11.7. The minimum Gasteiger partial charge on any atom is -0.497 e. The Morgan fingerprint density at radius 3 is 2.63 bits per heavy atom. The third-order valence-corrected chi connectivity index (χ3v) is 3.45. The van der Waals surface area contributed by atoms with Gasteiger partial charge in [-0.3, -0.25) is 10.1 Å². The van der Waals surface area contributed by atoms with Crippen LogP contribution >= 0.6 is 15.9 Å². The monoisotopic (exact) mass is 327 g/mol. The van der Waals surface area contributed by atoms with Crippen LogP contribution in [0, 0.1) is 0 Å². The lowest BCUT2D eigenvalue weighted by Crippen LogP contribution is -2.65. The Balaban J connectivity index is 2.09. The molecule has 0 bridgehead atoms. The van der Waals surface area contributed by atoms with Gasteiger partial charge in [0.15, 0.2) is 4.45 Å². The second kappa shape index (κ2) is 5.18. The van der Waals surface area contributed by atoms with E-state index in [2.05, 4.69) is 21.2 Å². The Morgan fingerprint density at radius 2 is 2.05 bits per heavy atom. The Kier molecular flexibility index (Phi) is 3.77. The molecule has 1 aromatic rings. The van der Waals surface area contributed by atoms with Crippen LogP contribution in [0.1, 0.15) is 5.56 Å². The number of nitrogens with one attached hydrogen (secondary N) is 1. The number of methoxy groups -OCH3 is 1. The second-order valence-electron chi connectivity index (χ2n) is 4.33. The predicted molar refractivity (Wildman–Crippen MR) is 72.8 cm³/mol. The number of ether oxygens (including phenoxy) is 1. The molecule has 1 aliphatic heterocycles. The van der Waals surface area contributed by atoms with Crippen molar-refractivity contribution in [2.75, 3.05) is 13.7 Å². The van der Waals surface area contributed by atoms with E-state index in [4.69, 9.17) is 10.5 Å². The summed E-state index contributed by atoms with van der Waals surface area (Å²) < 4.78 is 3.82. The van der Waals surface area contributed by atoms with E-state index < -0.39 is 16.4 Å². The first-order valence-electron chi connectivity index (χ1n) is 5.63. The van der Waals surface area contributed by atoms with Crippen molar-refractivity contribution in [1.82, 2.24) is 10.2 Å². The lowest BCUT2D eigenvalue weighted by Gasteiger charge is -2.35. The van der Waals surface area contributed by atoms with E-state index in [1.807, 2.05) is 24.3 Å². The summed E-state index contributed by atoms with van der Waals surface area (Å²) in [4.78, 5) is 24.6. The third kappa shape index (κ3) is 3.05. The number of imide groups is 1. The van der Waals surface area contributed by atoms with Crippen LogP contribution in [0.5, 0.6) is 5.75 Å². The van der Waals surface area contributed by atoms with Crippen molar-refractivity contribution in [3.8, 4) is 5.75 Å². The molecule has 3 amide bonds. The molecule has 6 nitrogen and oxygen atoms in total. The van der Waals surface area contributed by atoms with Gasteiger partial charge in [0.2, 0.25) is 0 Å². The number of hydrogen-bond acceptors (Lipinski definition) is 4. The average molecular weight is 328 g/mol. The minimum absolute atomic E-state index is 0.115. The highest BCUT2D eigenvalue weighted by Gasteiger charge is 2.40. The largest absolute Gasteiger partial charge is 0.497 e. The van der Waals surface area contributed by atoms with Crippen LogP contribution in [-0.4, -0.2) is 34.9 Å². The molecule has 3 N–H and O–H groups in total. The smallest absolute Gasteiger partial charge is 0.324 e. The highest BCUT2D eigenvalue weighted by molar-refractivity contribution is 9.10. The molecule has 0 saturated carbocycles. The molecule has 102 valence electrons. The molecule has 1 heterocycles. The van der Waals surface area contributed by atoms with Gasteiger partial charge in [-0.05, 0) is 17.7 Å². The van der Waals surface area contributed by atoms with Crippen LogP contribution in [0.2, 0.25) is 0 Å². The van der Waals surface area contributed by atoms with Crippen LogP contribution in [-0.2, 0) is 11.3 Å². The average Bonchev–Trinajstić information content (AvgIpc) is 2.37. The fourth-order valence-corrected chi connectivity index (χ4v) is 2.18. The van der Waals surface area contributed by atoms with E-state index in [1.165, 1.54) is 4.90 Å². The number of nitrogens with zero attached hydrogens (tertiary/aromatic N) is 1. The Morgan fingerprint density at radius 1 is 1.42 bits per heavy atom. The molecule has 0 spiro atoms. The summed E-state index contributed by atoms with van der Waals surface area (Å²) >= 11 is 3.11. The normalized spacial score (nSPS) is 23.2. The minimum atomic E-state index is -1.24. The fraction of sp³-hybridized carbons (Fsp3) is 0.333. The van der Waals surface area contributed by atoms with E-state index >= 15 is 0 Å². The first kappa shape index (κ1) is 13.8. The molecule has 0 aromatic heterocycles. The molecule has 7 heteroatoms. The summed E-state index contributed by atoms with van der Waals surface area (Å²) in [5.74, 6) is 0.221. The van der Waals surface area contributed by atoms with E-state index in [1.54, 1.807) is 7.11 Å². The molecule has 1 unspecified atom stereocenters. The van der Waals surface area contributed by atoms with Gasteiger partial charge in [0.05, 0.1) is 13.7 Å². The third-order valence-electron chi connectivity index (χ3n) is 2.84. The number of benzene rings is 1. The van der Waals surface area contributed by atoms with Crippen LogP contribution < -0.4 is 15.8 Å². The summed E-state index contributed by atoms with van der Waals surface area (Å²) in [6, 6.07) is 6.89. The molecular formula is C12H14BrN3O3. The summed E-state index contributed by atoms with van der Waals surface area (Å²) in [5, 5.41) is 2.21. The zero-order valence-electron chi connectivity index (χ0n) is 10.4. The van der Waals surface area contributed by atoms with Gasteiger partial charge in [0, 0.05) is 6.54 Å². The molecule has 1 fully saturated rings. The van der Waals surface area contributed by atoms with Gasteiger partial charge in [-0.1, -0.05) is 28.1 Å². The number of carbonyl (C=O) groups is 2. The fourth-order valence-electron chi connectivity index (χ4n) is 1.78. The van der Waals surface area contributed by atoms with Crippen molar-refractivity contribution in [2.24, 2.45) is 5.73 Å². The second-order valence-corrected chi connectivity index (χ2v) is 5.74. The van der Waals surface area contributed by atoms with Crippen LogP contribution in [0.4, 0.5) is 4.79 Å². The van der Waals surface area contributed by atoms with Crippen molar-refractivity contribution in [3.05, 3.63) is 29.8 Å². The molecule has 2 rings (SSSR count). The van der Waals surface area contributed by atoms with E-state index in [0.29, 0.717) is 6.54 Å². The number of rotatable bonds is 3. The number of alkyl halides is 1. The quantitative estimate of drug-likeness (QED) is 0.635. The van der Waals surface area contributed by atoms with Gasteiger partial charge in [0.25, 0.3) is 5.91 Å². The first-order valence-corrected chi connectivity index (χ1v) is 6.43. The standard InChI is InChI=1S/C12H14BrN3O3/c1-19-9-4-2-8(3-5-9)6-16-7-12(13,14)10(17)15-11(16)18/h2-5H,6-7,14H2,1H3,(H,15,17,18). The summed E-state index contributed by atoms with van der Waals surface area (Å²) in [6.45, 7) is 0.483. The number of carbonyl (C=O) groups excluding carboxylic acids is 2. The maximum Gasteiger partial charge on any atom is 0.324 e. The molecule has 0 aliphatic carbocycles. The lowest BCUT2D eigenvalue weighted by atomic mass is 10.1. The number of nitrogens with two attached hydrogens (primary N) is 1. The van der Waals surface area contributed by atoms with Crippen LogP contribution in [0.15, 0.2) is 24.3 Å². The summed E-state index contributed by atoms with van der Waals surface area (Å²) in [5.41, 5.74) is 6.69. The van der Waals surface area contributed by atoms with E-state index in [-0.39, 0.29) is 6.54 Å². The Labute approximate surface area is 119 Å². The summed E-state index contributed by atoms with van der Waals surface area (Å²) in [6.07, 6.45) is 0. The predicted octanol–water partition coefficient (Wildman–Crippen LogP) is 0.797. The van der Waals surface area contributed by atoms with Crippen molar-refractivity contribution in [3.63, 3.8) is 0 Å². The van der Waals surface area contributed by atoms with Gasteiger partial charge < -0.3 is 15.4 Å². The lowest BCUT2D eigenvalue weighted by molar-refractivity contribution is -0.124. The molecule has 19 heavy (non-hydrogen) atoms. The highest BCUT2D eigenvalue weighted by Crippen LogP contribution is 2.20. The van der Waals surface area contributed by atoms with Crippen molar-refractivity contribution in [1.29, 1.82) is 0 Å². The van der Waals surface area contributed by atoms with Gasteiger partial charge >= 0.3 is 6.03 Å². The maximum absolute atomic E-state index is 11.7. The number of halogens is 1. The van der Waals surface area contributed by atoms with E-state index in [0.717, 1.165) is 11.3 Å². The molecular weight excluding hydrogens is 314 g/mol. The Hall–Kier alpha value is -1.60. The topological polar surface area (TPSA) is 84.7 Å².